The number of aliphatic hydroxyl groups excluding tert-OH is 1. The fourth-order valence-electron chi connectivity index (χ4n) is 10.8. The Hall–Kier alpha value is -1.94. The molecule has 90 heavy (non-hydrogen) atoms. The van der Waals surface area contributed by atoms with Crippen LogP contribution in [0.1, 0.15) is 369 Å². The first-order valence-electron chi connectivity index (χ1n) is 37.1. The van der Waals surface area contributed by atoms with Crippen molar-refractivity contribution in [3.8, 4) is 0 Å². The van der Waals surface area contributed by atoms with Gasteiger partial charge in [-0.3, -0.25) is 37.3 Å². The van der Waals surface area contributed by atoms with Crippen molar-refractivity contribution in [3.63, 3.8) is 0 Å². The van der Waals surface area contributed by atoms with Crippen LogP contribution in [0.5, 0.6) is 0 Å². The van der Waals surface area contributed by atoms with Crippen LogP contribution in [0.4, 0.5) is 0 Å². The van der Waals surface area contributed by atoms with Crippen molar-refractivity contribution in [2.24, 2.45) is 5.92 Å². The first kappa shape index (κ1) is 88.1. The summed E-state index contributed by atoms with van der Waals surface area (Å²) in [7, 11) is -9.88. The molecule has 0 saturated heterocycles. The van der Waals surface area contributed by atoms with E-state index in [1.54, 1.807) is 0 Å². The zero-order valence-electron chi connectivity index (χ0n) is 58.3. The highest BCUT2D eigenvalue weighted by atomic mass is 31.2. The second-order valence-corrected chi connectivity index (χ2v) is 29.0. The summed E-state index contributed by atoms with van der Waals surface area (Å²) in [6.07, 6.45) is 52.2. The minimum Gasteiger partial charge on any atom is -0.462 e. The molecule has 2 unspecified atom stereocenters. The molecule has 0 heterocycles. The summed E-state index contributed by atoms with van der Waals surface area (Å²) in [4.78, 5) is 72.1. The average molecular weight is 1330 g/mol. The Labute approximate surface area is 549 Å². The Morgan fingerprint density at radius 1 is 0.300 bits per heavy atom. The maximum atomic E-state index is 13.0. The van der Waals surface area contributed by atoms with Gasteiger partial charge in [-0.05, 0) is 31.6 Å². The van der Waals surface area contributed by atoms with Gasteiger partial charge in [0, 0.05) is 25.7 Å². The largest absolute Gasteiger partial charge is 0.472 e. The average Bonchev–Trinajstić information content (AvgIpc) is 3.05. The molecule has 0 rings (SSSR count). The number of phosphoric ester groups is 2. The predicted molar refractivity (Wildman–Crippen MR) is 363 cm³/mol. The number of carbonyl (C=O) groups is 4. The highest BCUT2D eigenvalue weighted by Gasteiger charge is 2.30. The van der Waals surface area contributed by atoms with Crippen molar-refractivity contribution in [2.75, 3.05) is 39.6 Å². The summed E-state index contributed by atoms with van der Waals surface area (Å²) < 4.78 is 67.9. The maximum Gasteiger partial charge on any atom is 0.472 e. The van der Waals surface area contributed by atoms with Crippen LogP contribution < -0.4 is 0 Å². The first-order valence-corrected chi connectivity index (χ1v) is 40.1. The molecule has 534 valence electrons. The van der Waals surface area contributed by atoms with Gasteiger partial charge in [-0.1, -0.05) is 317 Å². The van der Waals surface area contributed by atoms with Crippen LogP contribution in [0.2, 0.25) is 0 Å². The van der Waals surface area contributed by atoms with Crippen molar-refractivity contribution in [3.05, 3.63) is 0 Å². The number of rotatable bonds is 71. The minimum atomic E-state index is -4.95. The normalized spacial score (nSPS) is 14.1. The number of hydrogen-bond acceptors (Lipinski definition) is 15. The monoisotopic (exact) mass is 1320 g/mol. The highest BCUT2D eigenvalue weighted by molar-refractivity contribution is 7.47. The van der Waals surface area contributed by atoms with Crippen molar-refractivity contribution in [1.29, 1.82) is 0 Å². The minimum absolute atomic E-state index is 0.103. The topological polar surface area (TPSA) is 237 Å². The lowest BCUT2D eigenvalue weighted by Crippen LogP contribution is -2.30. The number of esters is 4. The van der Waals surface area contributed by atoms with E-state index in [0.29, 0.717) is 25.7 Å². The smallest absolute Gasteiger partial charge is 0.462 e. The van der Waals surface area contributed by atoms with Gasteiger partial charge in [-0.2, -0.15) is 0 Å². The summed E-state index contributed by atoms with van der Waals surface area (Å²) in [6.45, 7) is 7.13. The zero-order chi connectivity index (χ0) is 66.3. The molecule has 17 nitrogen and oxygen atoms in total. The molecule has 19 heteroatoms. The van der Waals surface area contributed by atoms with Crippen LogP contribution >= 0.6 is 15.6 Å². The van der Waals surface area contributed by atoms with E-state index in [1.165, 1.54) is 173 Å². The quantitative estimate of drug-likeness (QED) is 0.0222. The Kier molecular flexibility index (Phi) is 63.0. The molecule has 0 aliphatic rings. The standard InChI is InChI=1S/C71H138O17P2/c1-6-9-12-15-17-18-19-20-21-22-23-24-25-26-27-28-31-35-38-42-47-52-57-71(76)88-67(61-82-69(74)55-50-45-41-37-34-32-29-30-33-36-40-44-48-53-64(4)5)63-86-90(79,80)84-59-65(72)58-83-89(77,78)85-62-66(60-81-68(73)54-49-43-14-11-8-3)87-70(75)56-51-46-39-16-13-10-7-2/h64-67,72H,6-63H2,1-5H3,(H,77,78)(H,79,80)/t65-,66+,67+/m0/s1. The third-order valence-corrected chi connectivity index (χ3v) is 18.4. The summed E-state index contributed by atoms with van der Waals surface area (Å²) >= 11 is 0. The van der Waals surface area contributed by atoms with Gasteiger partial charge in [0.25, 0.3) is 0 Å². The van der Waals surface area contributed by atoms with E-state index in [4.69, 9.17) is 37.0 Å². The van der Waals surface area contributed by atoms with Gasteiger partial charge in [0.05, 0.1) is 26.4 Å². The van der Waals surface area contributed by atoms with E-state index in [-0.39, 0.29) is 25.7 Å². The molecule has 0 amide bonds. The van der Waals surface area contributed by atoms with E-state index in [9.17, 15) is 43.2 Å². The van der Waals surface area contributed by atoms with Crippen molar-refractivity contribution in [2.45, 2.75) is 387 Å². The number of ether oxygens (including phenoxy) is 4. The first-order chi connectivity index (χ1) is 43.5. The molecular formula is C71H138O17P2. The summed E-state index contributed by atoms with van der Waals surface area (Å²) in [5, 5.41) is 10.5. The molecule has 0 fully saturated rings. The molecular weight excluding hydrogens is 1190 g/mol. The Morgan fingerprint density at radius 2 is 0.511 bits per heavy atom. The Bertz CT molecular complexity index is 1740. The molecule has 0 aromatic rings. The number of carbonyl (C=O) groups excluding carboxylic acids is 4. The summed E-state index contributed by atoms with van der Waals surface area (Å²) in [5.74, 6) is -1.35. The second-order valence-electron chi connectivity index (χ2n) is 26.1. The van der Waals surface area contributed by atoms with Gasteiger partial charge >= 0.3 is 39.5 Å². The van der Waals surface area contributed by atoms with Crippen molar-refractivity contribution >= 4 is 39.5 Å². The number of aliphatic hydroxyl groups is 1. The van der Waals surface area contributed by atoms with Crippen LogP contribution in [-0.2, 0) is 65.4 Å². The lowest BCUT2D eigenvalue weighted by molar-refractivity contribution is -0.161. The molecule has 0 bridgehead atoms. The zero-order valence-corrected chi connectivity index (χ0v) is 60.1. The van der Waals surface area contributed by atoms with Gasteiger partial charge in [-0.25, -0.2) is 9.13 Å². The SMILES string of the molecule is CCCCCCCCCCCCCCCCCCCCCCCCC(=O)O[C@H](COC(=O)CCCCCCCCCCCCCCCC(C)C)COP(=O)(O)OC[C@@H](O)COP(=O)(O)OC[C@@H](COC(=O)CCCCCCC)OC(=O)CCCCCCCCC. The molecule has 0 aromatic heterocycles. The van der Waals surface area contributed by atoms with Gasteiger partial charge in [0.15, 0.2) is 12.2 Å². The van der Waals surface area contributed by atoms with Gasteiger partial charge in [0.2, 0.25) is 0 Å². The molecule has 0 spiro atoms. The Morgan fingerprint density at radius 3 is 0.756 bits per heavy atom. The second kappa shape index (κ2) is 64.4. The van der Waals surface area contributed by atoms with E-state index >= 15 is 0 Å². The van der Waals surface area contributed by atoms with Crippen LogP contribution in [0.25, 0.3) is 0 Å². The van der Waals surface area contributed by atoms with Crippen LogP contribution in [0.15, 0.2) is 0 Å². The molecule has 0 aromatic carbocycles. The van der Waals surface area contributed by atoms with Crippen molar-refractivity contribution in [1.82, 2.24) is 0 Å². The molecule has 0 saturated carbocycles. The van der Waals surface area contributed by atoms with E-state index in [2.05, 4.69) is 34.6 Å². The molecule has 5 atom stereocenters. The lowest BCUT2D eigenvalue weighted by atomic mass is 10.0. The third-order valence-electron chi connectivity index (χ3n) is 16.5. The number of hydrogen-bond donors (Lipinski definition) is 3. The number of unbranched alkanes of at least 4 members (excludes halogenated alkanes) is 43. The van der Waals surface area contributed by atoms with Gasteiger partial charge < -0.3 is 33.8 Å². The van der Waals surface area contributed by atoms with Crippen LogP contribution in [-0.4, -0.2) is 96.7 Å². The number of phosphoric acid groups is 2. The summed E-state index contributed by atoms with van der Waals surface area (Å²) in [6, 6.07) is 0. The van der Waals surface area contributed by atoms with Gasteiger partial charge in [0.1, 0.15) is 19.3 Å². The van der Waals surface area contributed by atoms with E-state index < -0.39 is 97.5 Å². The third kappa shape index (κ3) is 64.8. The lowest BCUT2D eigenvalue weighted by Gasteiger charge is -2.21. The van der Waals surface area contributed by atoms with Crippen molar-refractivity contribution < 1.29 is 80.2 Å². The molecule has 0 aliphatic carbocycles. The van der Waals surface area contributed by atoms with Crippen LogP contribution in [0, 0.1) is 5.92 Å². The Balaban J connectivity index is 5.06. The summed E-state index contributed by atoms with van der Waals surface area (Å²) in [5.41, 5.74) is 0. The van der Waals surface area contributed by atoms with E-state index in [1.807, 2.05) is 0 Å². The molecule has 0 radical (unpaired) electrons. The predicted octanol–water partition coefficient (Wildman–Crippen LogP) is 20.5. The molecule has 0 aliphatic heterocycles. The van der Waals surface area contributed by atoms with E-state index in [0.717, 1.165) is 115 Å². The van der Waals surface area contributed by atoms with Crippen LogP contribution in [0.3, 0.4) is 0 Å². The molecule has 3 N–H and O–H groups in total. The fraction of sp³-hybridized carbons (Fsp3) is 0.944. The maximum absolute atomic E-state index is 13.0. The van der Waals surface area contributed by atoms with Gasteiger partial charge in [-0.15, -0.1) is 0 Å². The highest BCUT2D eigenvalue weighted by Crippen LogP contribution is 2.45. The fourth-order valence-corrected chi connectivity index (χ4v) is 12.4.